The van der Waals surface area contributed by atoms with Gasteiger partial charge in [-0.3, -0.25) is 15.1 Å². The number of nitro groups is 1. The third-order valence-corrected chi connectivity index (χ3v) is 6.43. The Labute approximate surface area is 163 Å². The molecule has 1 aliphatic rings. The number of hydrogen-bond donors (Lipinski definition) is 2. The number of aliphatic hydroxyl groups is 1. The van der Waals surface area contributed by atoms with Crippen molar-refractivity contribution >= 4 is 45.8 Å². The number of para-hydroxylation sites is 2. The molecule has 0 amide bonds. The molecule has 6 nitrogen and oxygen atoms in total. The molecule has 0 aliphatic carbocycles. The highest BCUT2D eigenvalue weighted by molar-refractivity contribution is 8.04. The van der Waals surface area contributed by atoms with Crippen LogP contribution in [-0.2, 0) is 0 Å². The highest BCUT2D eigenvalue weighted by Gasteiger charge is 2.28. The molecule has 1 aliphatic heterocycles. The lowest BCUT2D eigenvalue weighted by atomic mass is 10.0. The molecule has 2 N–H and O–H groups in total. The van der Waals surface area contributed by atoms with Gasteiger partial charge in [-0.05, 0) is 12.3 Å². The number of hydrogen-bond acceptors (Lipinski definition) is 7. The van der Waals surface area contributed by atoms with Crippen molar-refractivity contribution in [3.8, 4) is 0 Å². The Morgan fingerprint density at radius 3 is 2.81 bits per heavy atom. The van der Waals surface area contributed by atoms with E-state index in [1.807, 2.05) is 36.7 Å². The van der Waals surface area contributed by atoms with E-state index >= 15 is 0 Å². The van der Waals surface area contributed by atoms with Gasteiger partial charge < -0.3 is 10.4 Å². The number of benzene rings is 2. The van der Waals surface area contributed by atoms with Crippen LogP contribution in [0, 0.1) is 10.1 Å². The van der Waals surface area contributed by atoms with E-state index in [0.717, 1.165) is 20.7 Å². The fourth-order valence-electron chi connectivity index (χ4n) is 3.02. The Morgan fingerprint density at radius 2 is 2.04 bits per heavy atom. The first-order valence-corrected chi connectivity index (χ1v) is 10.2. The van der Waals surface area contributed by atoms with Crippen LogP contribution in [-0.4, -0.2) is 21.3 Å². The first-order valence-electron chi connectivity index (χ1n) is 8.11. The second kappa shape index (κ2) is 7.22. The number of aromatic nitrogens is 1. The van der Waals surface area contributed by atoms with Gasteiger partial charge in [-0.1, -0.05) is 42.1 Å². The van der Waals surface area contributed by atoms with Crippen molar-refractivity contribution in [3.05, 3.63) is 75.4 Å². The van der Waals surface area contributed by atoms with Crippen molar-refractivity contribution < 1.29 is 10.0 Å². The summed E-state index contributed by atoms with van der Waals surface area (Å²) in [4.78, 5) is 18.0. The maximum atomic E-state index is 11.2. The molecular formula is C19H15N3O3S2. The zero-order valence-electron chi connectivity index (χ0n) is 14.2. The molecule has 2 heterocycles. The highest BCUT2D eigenvalue weighted by atomic mass is 32.2. The predicted molar refractivity (Wildman–Crippen MR) is 109 cm³/mol. The third kappa shape index (κ3) is 3.16. The molecule has 0 radical (unpaired) electrons. The van der Waals surface area contributed by atoms with E-state index in [1.54, 1.807) is 30.1 Å². The molecule has 0 saturated carbocycles. The van der Waals surface area contributed by atoms with Gasteiger partial charge in [0.1, 0.15) is 11.8 Å². The topological polar surface area (TPSA) is 88.3 Å². The molecular weight excluding hydrogens is 382 g/mol. The minimum Gasteiger partial charge on any atom is -0.383 e. The Hall–Kier alpha value is -2.55. The highest BCUT2D eigenvalue weighted by Crippen LogP contribution is 2.47. The minimum atomic E-state index is -0.937. The largest absolute Gasteiger partial charge is 0.383 e. The number of nitrogens with one attached hydrogen (secondary N) is 1. The number of nitro benzene ring substituents is 1. The summed E-state index contributed by atoms with van der Waals surface area (Å²) >= 11 is 3.04. The van der Waals surface area contributed by atoms with Gasteiger partial charge in [-0.25, -0.2) is 0 Å². The molecule has 1 atom stereocenters. The SMILES string of the molecule is CSc1cnc2ccccc2c1SC1=CNc2c(cccc2[N+](=O)[O-])C1O. The van der Waals surface area contributed by atoms with Crippen LogP contribution in [0.4, 0.5) is 11.4 Å². The number of nitrogens with zero attached hydrogens (tertiary/aromatic N) is 2. The van der Waals surface area contributed by atoms with Gasteiger partial charge in [0, 0.05) is 44.1 Å². The van der Waals surface area contributed by atoms with Crippen molar-refractivity contribution in [1.82, 2.24) is 4.98 Å². The smallest absolute Gasteiger partial charge is 0.293 e. The van der Waals surface area contributed by atoms with E-state index in [0.29, 0.717) is 16.2 Å². The number of fused-ring (bicyclic) bond motifs is 2. The second-order valence-corrected chi connectivity index (χ2v) is 7.80. The number of aliphatic hydroxyl groups excluding tert-OH is 1. The van der Waals surface area contributed by atoms with Crippen molar-refractivity contribution in [1.29, 1.82) is 0 Å². The lowest BCUT2D eigenvalue weighted by Gasteiger charge is -2.24. The summed E-state index contributed by atoms with van der Waals surface area (Å²) in [6, 6.07) is 12.6. The summed E-state index contributed by atoms with van der Waals surface area (Å²) in [5, 5.41) is 26.1. The molecule has 0 spiro atoms. The molecule has 0 saturated heterocycles. The van der Waals surface area contributed by atoms with E-state index in [1.165, 1.54) is 17.8 Å². The van der Waals surface area contributed by atoms with Crippen LogP contribution in [0.15, 0.2) is 69.6 Å². The average Bonchev–Trinajstić information content (AvgIpc) is 2.69. The molecule has 0 bridgehead atoms. The van der Waals surface area contributed by atoms with E-state index in [-0.39, 0.29) is 5.69 Å². The third-order valence-electron chi connectivity index (χ3n) is 4.33. The Bertz CT molecular complexity index is 1080. The van der Waals surface area contributed by atoms with Gasteiger partial charge >= 0.3 is 0 Å². The van der Waals surface area contributed by atoms with Gasteiger partial charge in [0.2, 0.25) is 0 Å². The van der Waals surface area contributed by atoms with E-state index < -0.39 is 11.0 Å². The molecule has 3 aromatic rings. The fourth-order valence-corrected chi connectivity index (χ4v) is 4.88. The summed E-state index contributed by atoms with van der Waals surface area (Å²) < 4.78 is 0. The van der Waals surface area contributed by atoms with Crippen LogP contribution < -0.4 is 5.32 Å². The monoisotopic (exact) mass is 397 g/mol. The standard InChI is InChI=1S/C19H15N3O3S2/c1-26-16-10-20-13-7-3-2-5-11(13)19(16)27-15-9-21-17-12(18(15)23)6-4-8-14(17)22(24)25/h2-10,18,21,23H,1H3. The molecule has 8 heteroatoms. The zero-order valence-corrected chi connectivity index (χ0v) is 15.9. The van der Waals surface area contributed by atoms with Gasteiger partial charge in [-0.15, -0.1) is 11.8 Å². The number of rotatable bonds is 4. The van der Waals surface area contributed by atoms with Gasteiger partial charge in [0.15, 0.2) is 0 Å². The summed E-state index contributed by atoms with van der Waals surface area (Å²) in [6.07, 6.45) is 4.52. The van der Waals surface area contributed by atoms with Crippen LogP contribution in [0.5, 0.6) is 0 Å². The summed E-state index contributed by atoms with van der Waals surface area (Å²) in [5.74, 6) is 0. The maximum absolute atomic E-state index is 11.2. The van der Waals surface area contributed by atoms with E-state index in [4.69, 9.17) is 0 Å². The number of thioether (sulfide) groups is 2. The first kappa shape index (κ1) is 17.8. The molecule has 27 heavy (non-hydrogen) atoms. The van der Waals surface area contributed by atoms with Gasteiger partial charge in [0.25, 0.3) is 5.69 Å². The summed E-state index contributed by atoms with van der Waals surface area (Å²) in [6.45, 7) is 0. The molecule has 4 rings (SSSR count). The molecule has 2 aromatic carbocycles. The lowest BCUT2D eigenvalue weighted by molar-refractivity contribution is -0.384. The molecule has 1 aromatic heterocycles. The van der Waals surface area contributed by atoms with Crippen molar-refractivity contribution in [3.63, 3.8) is 0 Å². The van der Waals surface area contributed by atoms with E-state index in [9.17, 15) is 15.2 Å². The normalized spacial score (nSPS) is 15.8. The number of anilines is 1. The molecule has 1 unspecified atom stereocenters. The van der Waals surface area contributed by atoms with Crippen LogP contribution in [0.3, 0.4) is 0 Å². The van der Waals surface area contributed by atoms with Crippen LogP contribution in [0.1, 0.15) is 11.7 Å². The average molecular weight is 397 g/mol. The van der Waals surface area contributed by atoms with Crippen LogP contribution >= 0.6 is 23.5 Å². The van der Waals surface area contributed by atoms with Crippen molar-refractivity contribution in [2.75, 3.05) is 11.6 Å². The van der Waals surface area contributed by atoms with Gasteiger partial charge in [0.05, 0.1) is 10.4 Å². The zero-order chi connectivity index (χ0) is 19.0. The van der Waals surface area contributed by atoms with Crippen molar-refractivity contribution in [2.24, 2.45) is 0 Å². The Balaban J connectivity index is 1.76. The number of pyridine rings is 1. The van der Waals surface area contributed by atoms with Crippen molar-refractivity contribution in [2.45, 2.75) is 15.9 Å². The Kier molecular flexibility index (Phi) is 4.77. The first-order chi connectivity index (χ1) is 13.1. The quantitative estimate of drug-likeness (QED) is 0.365. The van der Waals surface area contributed by atoms with E-state index in [2.05, 4.69) is 10.3 Å². The molecule has 136 valence electrons. The Morgan fingerprint density at radius 1 is 1.22 bits per heavy atom. The summed E-state index contributed by atoms with van der Waals surface area (Å²) in [7, 11) is 0. The predicted octanol–water partition coefficient (Wildman–Crippen LogP) is 4.96. The minimum absolute atomic E-state index is 0.0500. The van der Waals surface area contributed by atoms with Crippen LogP contribution in [0.25, 0.3) is 10.9 Å². The summed E-state index contributed by atoms with van der Waals surface area (Å²) in [5.41, 5.74) is 1.67. The van der Waals surface area contributed by atoms with Gasteiger partial charge in [-0.2, -0.15) is 0 Å². The van der Waals surface area contributed by atoms with Crippen LogP contribution in [0.2, 0.25) is 0 Å². The maximum Gasteiger partial charge on any atom is 0.293 e. The fraction of sp³-hybridized carbons (Fsp3) is 0.105. The second-order valence-electron chi connectivity index (χ2n) is 5.87. The lowest BCUT2D eigenvalue weighted by Crippen LogP contribution is -2.12. The molecule has 0 fully saturated rings.